The van der Waals surface area contributed by atoms with Crippen LogP contribution in [-0.4, -0.2) is 23.0 Å². The van der Waals surface area contributed by atoms with E-state index in [9.17, 15) is 9.90 Å². The summed E-state index contributed by atoms with van der Waals surface area (Å²) in [6, 6.07) is 12.4. The second kappa shape index (κ2) is 5.97. The van der Waals surface area contributed by atoms with Crippen LogP contribution in [0.5, 0.6) is 5.75 Å². The Morgan fingerprint density at radius 2 is 1.85 bits per heavy atom. The molecule has 0 fully saturated rings. The molecule has 0 aromatic heterocycles. The predicted molar refractivity (Wildman–Crippen MR) is 80.1 cm³/mol. The number of benzene rings is 2. The first-order valence-corrected chi connectivity index (χ1v) is 6.64. The number of phenolic OH excluding ortho intramolecular Hbond substituents is 1. The maximum absolute atomic E-state index is 12.3. The van der Waals surface area contributed by atoms with Crippen molar-refractivity contribution in [2.24, 2.45) is 0 Å². The second-order valence-electron chi connectivity index (χ2n) is 4.81. The molecule has 0 saturated heterocycles. The van der Waals surface area contributed by atoms with Crippen LogP contribution in [0.4, 0.5) is 0 Å². The number of nitrogens with zero attached hydrogens (tertiary/aromatic N) is 1. The number of aromatic hydroxyl groups is 1. The van der Waals surface area contributed by atoms with Crippen molar-refractivity contribution in [3.8, 4) is 5.75 Å². The maximum Gasteiger partial charge on any atom is 0.257 e. The molecule has 0 aliphatic rings. The lowest BCUT2D eigenvalue weighted by atomic mass is 10.1. The van der Waals surface area contributed by atoms with Gasteiger partial charge in [-0.1, -0.05) is 41.4 Å². The Morgan fingerprint density at radius 1 is 1.20 bits per heavy atom. The van der Waals surface area contributed by atoms with Crippen LogP contribution >= 0.6 is 11.6 Å². The Hall–Kier alpha value is -2.00. The zero-order chi connectivity index (χ0) is 14.7. The van der Waals surface area contributed by atoms with Crippen LogP contribution in [0.3, 0.4) is 0 Å². The third kappa shape index (κ3) is 3.31. The van der Waals surface area contributed by atoms with Gasteiger partial charge in [-0.3, -0.25) is 4.79 Å². The van der Waals surface area contributed by atoms with Crippen molar-refractivity contribution in [3.05, 3.63) is 64.2 Å². The first-order valence-electron chi connectivity index (χ1n) is 6.27. The highest BCUT2D eigenvalue weighted by Crippen LogP contribution is 2.23. The lowest BCUT2D eigenvalue weighted by molar-refractivity contribution is 0.0782. The topological polar surface area (TPSA) is 40.5 Å². The van der Waals surface area contributed by atoms with Crippen molar-refractivity contribution >= 4 is 17.5 Å². The number of amides is 1. The average molecular weight is 290 g/mol. The molecule has 0 unspecified atom stereocenters. The molecule has 2 aromatic carbocycles. The molecule has 104 valence electrons. The summed E-state index contributed by atoms with van der Waals surface area (Å²) >= 11 is 5.86. The Balaban J connectivity index is 2.16. The van der Waals surface area contributed by atoms with Crippen molar-refractivity contribution < 1.29 is 9.90 Å². The fraction of sp³-hybridized carbons (Fsp3) is 0.188. The summed E-state index contributed by atoms with van der Waals surface area (Å²) < 4.78 is 0. The van der Waals surface area contributed by atoms with E-state index < -0.39 is 0 Å². The molecule has 1 amide bonds. The zero-order valence-electron chi connectivity index (χ0n) is 11.4. The Kier molecular flexibility index (Phi) is 4.30. The van der Waals surface area contributed by atoms with Crippen LogP contribution in [0, 0.1) is 6.92 Å². The summed E-state index contributed by atoms with van der Waals surface area (Å²) in [5.74, 6) is -0.319. The predicted octanol–water partition coefficient (Wildman–Crippen LogP) is 3.63. The zero-order valence-corrected chi connectivity index (χ0v) is 12.2. The summed E-state index contributed by atoms with van der Waals surface area (Å²) in [5.41, 5.74) is 2.43. The summed E-state index contributed by atoms with van der Waals surface area (Å²) in [4.78, 5) is 13.8. The lowest BCUT2D eigenvalue weighted by Gasteiger charge is -2.18. The number of phenols is 1. The standard InChI is InChI=1S/C16H16ClNO2/c1-11-3-5-12(6-4-11)10-18(2)16(20)14-9-13(17)7-8-15(14)19/h3-9,19H,10H2,1-2H3. The van der Waals surface area contributed by atoms with E-state index in [2.05, 4.69) is 0 Å². The largest absolute Gasteiger partial charge is 0.507 e. The SMILES string of the molecule is Cc1ccc(CN(C)C(=O)c2cc(Cl)ccc2O)cc1. The molecule has 1 N–H and O–H groups in total. The molecule has 0 saturated carbocycles. The van der Waals surface area contributed by atoms with Gasteiger partial charge in [-0.15, -0.1) is 0 Å². The number of rotatable bonds is 3. The fourth-order valence-corrected chi connectivity index (χ4v) is 2.10. The van der Waals surface area contributed by atoms with Crippen molar-refractivity contribution in [2.75, 3.05) is 7.05 Å². The first kappa shape index (κ1) is 14.4. The lowest BCUT2D eigenvalue weighted by Crippen LogP contribution is -2.26. The van der Waals surface area contributed by atoms with Crippen LogP contribution in [-0.2, 0) is 6.54 Å². The Labute approximate surface area is 123 Å². The molecule has 0 heterocycles. The number of carbonyl (C=O) groups is 1. The van der Waals surface area contributed by atoms with Crippen molar-refractivity contribution in [2.45, 2.75) is 13.5 Å². The smallest absolute Gasteiger partial charge is 0.257 e. The minimum absolute atomic E-state index is 0.0600. The number of carbonyl (C=O) groups excluding carboxylic acids is 1. The number of aryl methyl sites for hydroxylation is 1. The average Bonchev–Trinajstić information content (AvgIpc) is 2.43. The molecular formula is C16H16ClNO2. The van der Waals surface area contributed by atoms with E-state index in [-0.39, 0.29) is 17.2 Å². The van der Waals surface area contributed by atoms with E-state index in [1.54, 1.807) is 18.0 Å². The Morgan fingerprint density at radius 3 is 2.50 bits per heavy atom. The van der Waals surface area contributed by atoms with E-state index in [1.165, 1.54) is 17.7 Å². The Bertz CT molecular complexity index is 623. The molecule has 0 spiro atoms. The van der Waals surface area contributed by atoms with Crippen LogP contribution in [0.2, 0.25) is 5.02 Å². The number of hydrogen-bond donors (Lipinski definition) is 1. The molecule has 20 heavy (non-hydrogen) atoms. The normalized spacial score (nSPS) is 10.3. The quantitative estimate of drug-likeness (QED) is 0.937. The highest BCUT2D eigenvalue weighted by atomic mass is 35.5. The van der Waals surface area contributed by atoms with Crippen molar-refractivity contribution in [1.82, 2.24) is 4.90 Å². The van der Waals surface area contributed by atoms with E-state index in [1.807, 2.05) is 31.2 Å². The first-order chi connectivity index (χ1) is 9.47. The van der Waals surface area contributed by atoms with Crippen molar-refractivity contribution in [3.63, 3.8) is 0 Å². The molecule has 0 aliphatic heterocycles. The molecule has 0 aliphatic carbocycles. The van der Waals surface area contributed by atoms with Crippen LogP contribution in [0.15, 0.2) is 42.5 Å². The maximum atomic E-state index is 12.3. The molecule has 0 atom stereocenters. The van der Waals surface area contributed by atoms with Gasteiger partial charge in [0.1, 0.15) is 5.75 Å². The van der Waals surface area contributed by atoms with Crippen LogP contribution < -0.4 is 0 Å². The summed E-state index contributed by atoms with van der Waals surface area (Å²) in [5, 5.41) is 10.2. The van der Waals surface area contributed by atoms with E-state index in [4.69, 9.17) is 11.6 Å². The summed E-state index contributed by atoms with van der Waals surface area (Å²) in [6.45, 7) is 2.49. The second-order valence-corrected chi connectivity index (χ2v) is 5.24. The summed E-state index contributed by atoms with van der Waals surface area (Å²) in [7, 11) is 1.70. The van der Waals surface area contributed by atoms with Crippen molar-refractivity contribution in [1.29, 1.82) is 0 Å². The monoisotopic (exact) mass is 289 g/mol. The molecular weight excluding hydrogens is 274 g/mol. The van der Waals surface area contributed by atoms with E-state index in [0.29, 0.717) is 11.6 Å². The van der Waals surface area contributed by atoms with Gasteiger partial charge >= 0.3 is 0 Å². The highest BCUT2D eigenvalue weighted by molar-refractivity contribution is 6.31. The molecule has 2 rings (SSSR count). The molecule has 3 nitrogen and oxygen atoms in total. The van der Waals surface area contributed by atoms with Gasteiger partial charge in [0, 0.05) is 18.6 Å². The fourth-order valence-electron chi connectivity index (χ4n) is 1.92. The van der Waals surface area contributed by atoms with E-state index >= 15 is 0 Å². The van der Waals surface area contributed by atoms with Gasteiger partial charge in [-0.25, -0.2) is 0 Å². The van der Waals surface area contributed by atoms with Crippen LogP contribution in [0.1, 0.15) is 21.5 Å². The van der Waals surface area contributed by atoms with E-state index in [0.717, 1.165) is 5.56 Å². The number of hydrogen-bond acceptors (Lipinski definition) is 2. The van der Waals surface area contributed by atoms with Gasteiger partial charge in [0.25, 0.3) is 5.91 Å². The summed E-state index contributed by atoms with van der Waals surface area (Å²) in [6.07, 6.45) is 0. The van der Waals surface area contributed by atoms with Gasteiger partial charge in [0.05, 0.1) is 5.56 Å². The minimum atomic E-state index is -0.259. The van der Waals surface area contributed by atoms with Gasteiger partial charge in [0.15, 0.2) is 0 Å². The van der Waals surface area contributed by atoms with Gasteiger partial charge < -0.3 is 10.0 Å². The van der Waals surface area contributed by atoms with Gasteiger partial charge in [-0.2, -0.15) is 0 Å². The third-order valence-corrected chi connectivity index (χ3v) is 3.31. The molecule has 4 heteroatoms. The van der Waals surface area contributed by atoms with Crippen LogP contribution in [0.25, 0.3) is 0 Å². The number of halogens is 1. The highest BCUT2D eigenvalue weighted by Gasteiger charge is 2.16. The third-order valence-electron chi connectivity index (χ3n) is 3.08. The molecule has 0 radical (unpaired) electrons. The van der Waals surface area contributed by atoms with Gasteiger partial charge in [0.2, 0.25) is 0 Å². The molecule has 0 bridgehead atoms. The minimum Gasteiger partial charge on any atom is -0.507 e. The van der Waals surface area contributed by atoms with Gasteiger partial charge in [-0.05, 0) is 30.7 Å². The molecule has 2 aromatic rings.